The first-order chi connectivity index (χ1) is 10.3. The van der Waals surface area contributed by atoms with Gasteiger partial charge >= 0.3 is 0 Å². The molecule has 0 aliphatic heterocycles. The predicted molar refractivity (Wildman–Crippen MR) is 82.2 cm³/mol. The summed E-state index contributed by atoms with van der Waals surface area (Å²) >= 11 is 1.60. The quantitative estimate of drug-likeness (QED) is 0.500. The van der Waals surface area contributed by atoms with E-state index in [4.69, 9.17) is 9.84 Å². The molecule has 2 aromatic rings. The van der Waals surface area contributed by atoms with E-state index in [1.165, 1.54) is 6.33 Å². The predicted octanol–water partition coefficient (Wildman–Crippen LogP) is 1.72. The Labute approximate surface area is 128 Å². The molecule has 6 heteroatoms. The molecule has 5 nitrogen and oxygen atoms in total. The Morgan fingerprint density at radius 3 is 3.10 bits per heavy atom. The second kappa shape index (κ2) is 8.35. The minimum atomic E-state index is 0.0858. The Bertz CT molecular complexity index is 631. The van der Waals surface area contributed by atoms with Crippen LogP contribution in [0, 0.1) is 11.8 Å². The topological polar surface area (TPSA) is 60.2 Å². The number of benzene rings is 1. The fourth-order valence-corrected chi connectivity index (χ4v) is 2.30. The number of hydrogen-bond donors (Lipinski definition) is 1. The monoisotopic (exact) mass is 303 g/mol. The smallest absolute Gasteiger partial charge is 0.185 e. The van der Waals surface area contributed by atoms with Gasteiger partial charge in [0.15, 0.2) is 5.16 Å². The van der Waals surface area contributed by atoms with Crippen molar-refractivity contribution in [2.45, 2.75) is 11.6 Å². The Balaban J connectivity index is 1.79. The van der Waals surface area contributed by atoms with E-state index in [-0.39, 0.29) is 6.61 Å². The average Bonchev–Trinajstić information content (AvgIpc) is 2.90. The molecule has 0 aliphatic rings. The minimum Gasteiger partial charge on any atom is -0.493 e. The fourth-order valence-electron chi connectivity index (χ4n) is 1.59. The van der Waals surface area contributed by atoms with Crippen LogP contribution in [0.2, 0.25) is 0 Å². The molecule has 1 heterocycles. The normalized spacial score (nSPS) is 10.0. The molecular weight excluding hydrogens is 286 g/mol. The number of aliphatic hydroxyl groups excluding tert-OH is 1. The Morgan fingerprint density at radius 2 is 2.33 bits per heavy atom. The minimum absolute atomic E-state index is 0.0858. The van der Waals surface area contributed by atoms with Crippen molar-refractivity contribution in [2.75, 3.05) is 19.0 Å². The molecule has 21 heavy (non-hydrogen) atoms. The van der Waals surface area contributed by atoms with Crippen LogP contribution in [0.4, 0.5) is 0 Å². The summed E-state index contributed by atoms with van der Waals surface area (Å²) in [6.45, 7) is 0.674. The van der Waals surface area contributed by atoms with E-state index in [1.54, 1.807) is 16.4 Å². The van der Waals surface area contributed by atoms with Crippen molar-refractivity contribution in [2.24, 2.45) is 7.05 Å². The van der Waals surface area contributed by atoms with Crippen molar-refractivity contribution in [3.8, 4) is 17.6 Å². The maximum absolute atomic E-state index is 8.70. The standard InChI is InChI=1S/C15H17N3O2S/c1-18-15(16-12-17-18)21-10-9-20-14-7-4-6-13(11-14)5-2-3-8-19/h4,6-7,11-12,19H,3,8-10H2,1H3. The lowest BCUT2D eigenvalue weighted by molar-refractivity contribution is 0.305. The molecule has 0 spiro atoms. The summed E-state index contributed by atoms with van der Waals surface area (Å²) < 4.78 is 7.43. The first-order valence-corrected chi connectivity index (χ1v) is 7.57. The van der Waals surface area contributed by atoms with Gasteiger partial charge in [-0.15, -0.1) is 0 Å². The summed E-state index contributed by atoms with van der Waals surface area (Å²) in [5, 5.41) is 13.6. The van der Waals surface area contributed by atoms with Crippen LogP contribution < -0.4 is 4.74 Å². The molecule has 0 saturated carbocycles. The number of aromatic nitrogens is 3. The highest BCUT2D eigenvalue weighted by molar-refractivity contribution is 7.99. The van der Waals surface area contributed by atoms with Gasteiger partial charge in [-0.3, -0.25) is 0 Å². The van der Waals surface area contributed by atoms with Gasteiger partial charge in [0, 0.05) is 24.8 Å². The summed E-state index contributed by atoms with van der Waals surface area (Å²) in [5.74, 6) is 7.48. The lowest BCUT2D eigenvalue weighted by Crippen LogP contribution is -2.02. The number of nitrogens with zero attached hydrogens (tertiary/aromatic N) is 3. The maximum atomic E-state index is 8.70. The van der Waals surface area contributed by atoms with Gasteiger partial charge in [-0.2, -0.15) is 5.10 Å². The third-order valence-electron chi connectivity index (χ3n) is 2.56. The zero-order chi connectivity index (χ0) is 14.9. The summed E-state index contributed by atoms with van der Waals surface area (Å²) in [7, 11) is 1.87. The van der Waals surface area contributed by atoms with Gasteiger partial charge in [0.05, 0.1) is 13.2 Å². The van der Waals surface area contributed by atoms with E-state index >= 15 is 0 Å². The summed E-state index contributed by atoms with van der Waals surface area (Å²) in [6.07, 6.45) is 2.02. The van der Waals surface area contributed by atoms with Crippen molar-refractivity contribution in [1.29, 1.82) is 0 Å². The lowest BCUT2D eigenvalue weighted by Gasteiger charge is -2.06. The molecule has 2 rings (SSSR count). The number of hydrogen-bond acceptors (Lipinski definition) is 5. The first-order valence-electron chi connectivity index (χ1n) is 6.59. The second-order valence-corrected chi connectivity index (χ2v) is 5.23. The molecule has 1 aromatic carbocycles. The first kappa shape index (κ1) is 15.4. The van der Waals surface area contributed by atoms with Crippen LogP contribution in [0.15, 0.2) is 35.7 Å². The van der Waals surface area contributed by atoms with E-state index in [0.29, 0.717) is 13.0 Å². The van der Waals surface area contributed by atoms with Crippen molar-refractivity contribution in [1.82, 2.24) is 14.8 Å². The SMILES string of the molecule is Cn1ncnc1SCCOc1cccc(C#CCCO)c1. The summed E-state index contributed by atoms with van der Waals surface area (Å²) in [5.41, 5.74) is 0.891. The highest BCUT2D eigenvalue weighted by Crippen LogP contribution is 2.15. The van der Waals surface area contributed by atoms with Gasteiger partial charge in [-0.05, 0) is 18.2 Å². The van der Waals surface area contributed by atoms with Gasteiger partial charge in [-0.25, -0.2) is 9.67 Å². The summed E-state index contributed by atoms with van der Waals surface area (Å²) in [4.78, 5) is 4.14. The Morgan fingerprint density at radius 1 is 1.43 bits per heavy atom. The molecule has 0 bridgehead atoms. The number of thioether (sulfide) groups is 1. The van der Waals surface area contributed by atoms with E-state index in [9.17, 15) is 0 Å². The van der Waals surface area contributed by atoms with Crippen molar-refractivity contribution < 1.29 is 9.84 Å². The molecule has 0 atom stereocenters. The Hall–Kier alpha value is -1.97. The van der Waals surface area contributed by atoms with Crippen molar-refractivity contribution >= 4 is 11.8 Å². The number of ether oxygens (including phenoxy) is 1. The van der Waals surface area contributed by atoms with Crippen LogP contribution in [-0.2, 0) is 7.05 Å². The number of aryl methyl sites for hydroxylation is 1. The largest absolute Gasteiger partial charge is 0.493 e. The van der Waals surface area contributed by atoms with Gasteiger partial charge in [-0.1, -0.05) is 29.7 Å². The zero-order valence-corrected chi connectivity index (χ0v) is 12.6. The molecule has 0 amide bonds. The maximum Gasteiger partial charge on any atom is 0.185 e. The molecular formula is C15H17N3O2S. The van der Waals surface area contributed by atoms with Crippen LogP contribution in [0.1, 0.15) is 12.0 Å². The highest BCUT2D eigenvalue weighted by Gasteiger charge is 2.01. The molecule has 110 valence electrons. The molecule has 0 fully saturated rings. The van der Waals surface area contributed by atoms with E-state index < -0.39 is 0 Å². The zero-order valence-electron chi connectivity index (χ0n) is 11.8. The van der Waals surface area contributed by atoms with Crippen LogP contribution in [0.5, 0.6) is 5.75 Å². The Kier molecular flexibility index (Phi) is 6.13. The van der Waals surface area contributed by atoms with Crippen LogP contribution in [-0.4, -0.2) is 38.8 Å². The molecule has 0 radical (unpaired) electrons. The molecule has 0 unspecified atom stereocenters. The van der Waals surface area contributed by atoms with E-state index in [0.717, 1.165) is 22.2 Å². The molecule has 1 aromatic heterocycles. The van der Waals surface area contributed by atoms with Gasteiger partial charge in [0.1, 0.15) is 12.1 Å². The van der Waals surface area contributed by atoms with Crippen LogP contribution in [0.25, 0.3) is 0 Å². The van der Waals surface area contributed by atoms with Gasteiger partial charge in [0.25, 0.3) is 0 Å². The van der Waals surface area contributed by atoms with Crippen LogP contribution in [0.3, 0.4) is 0 Å². The van der Waals surface area contributed by atoms with Crippen LogP contribution >= 0.6 is 11.8 Å². The lowest BCUT2D eigenvalue weighted by atomic mass is 10.2. The molecule has 0 saturated heterocycles. The molecule has 0 aliphatic carbocycles. The van der Waals surface area contributed by atoms with E-state index in [1.807, 2.05) is 31.3 Å². The number of aliphatic hydroxyl groups is 1. The highest BCUT2D eigenvalue weighted by atomic mass is 32.2. The van der Waals surface area contributed by atoms with Gasteiger partial charge in [0.2, 0.25) is 0 Å². The third-order valence-corrected chi connectivity index (χ3v) is 3.56. The summed E-state index contributed by atoms with van der Waals surface area (Å²) in [6, 6.07) is 7.64. The van der Waals surface area contributed by atoms with E-state index in [2.05, 4.69) is 21.9 Å². The van der Waals surface area contributed by atoms with Crippen molar-refractivity contribution in [3.63, 3.8) is 0 Å². The second-order valence-electron chi connectivity index (χ2n) is 4.17. The third kappa shape index (κ3) is 5.14. The van der Waals surface area contributed by atoms with Crippen molar-refractivity contribution in [3.05, 3.63) is 36.2 Å². The average molecular weight is 303 g/mol. The fraction of sp³-hybridized carbons (Fsp3) is 0.333. The number of rotatable bonds is 6. The van der Waals surface area contributed by atoms with Gasteiger partial charge < -0.3 is 9.84 Å². The molecule has 1 N–H and O–H groups in total.